The normalized spacial score (nSPS) is 14.9. The lowest BCUT2D eigenvalue weighted by Gasteiger charge is -2.20. The first-order valence-corrected chi connectivity index (χ1v) is 12.3. The second kappa shape index (κ2) is 8.78. The molecule has 0 spiro atoms. The summed E-state index contributed by atoms with van der Waals surface area (Å²) < 4.78 is 11.4. The van der Waals surface area contributed by atoms with Crippen LogP contribution in [0.5, 0.6) is 0 Å². The molecule has 178 valence electrons. The van der Waals surface area contributed by atoms with E-state index in [1.54, 1.807) is 12.4 Å². The van der Waals surface area contributed by atoms with E-state index in [2.05, 4.69) is 23.4 Å². The molecule has 0 radical (unpaired) electrons. The highest BCUT2D eigenvalue weighted by Gasteiger charge is 2.33. The summed E-state index contributed by atoms with van der Waals surface area (Å²) in [5.74, 6) is 0.153. The second-order valence-corrected chi connectivity index (χ2v) is 9.63. The standard InChI is InChI=1S/C27H32N4O3/c1-5-34-26(32)24-20-8-6-7-9-21(20)29(15-13-17(2)3)25(24)18(4)30-23-16-28-14-12-22(23)31(27(30)33)19-10-11-19/h6-9,12,14,16-19H,5,10-11,13,15H2,1-4H3. The molecule has 34 heavy (non-hydrogen) atoms. The Labute approximate surface area is 199 Å². The van der Waals surface area contributed by atoms with E-state index in [1.807, 2.05) is 53.3 Å². The SMILES string of the molecule is CCOC(=O)c1c(C(C)n2c(=O)n(C3CC3)c3ccncc32)n(CCC(C)C)c2ccccc12. The van der Waals surface area contributed by atoms with Crippen LogP contribution in [-0.2, 0) is 11.3 Å². The summed E-state index contributed by atoms with van der Waals surface area (Å²) in [7, 11) is 0. The highest BCUT2D eigenvalue weighted by molar-refractivity contribution is 6.06. The first-order chi connectivity index (χ1) is 16.4. The van der Waals surface area contributed by atoms with Crippen molar-refractivity contribution in [3.8, 4) is 0 Å². The molecule has 0 saturated heterocycles. The van der Waals surface area contributed by atoms with Crippen molar-refractivity contribution >= 4 is 27.9 Å². The van der Waals surface area contributed by atoms with Gasteiger partial charge in [0.2, 0.25) is 0 Å². The van der Waals surface area contributed by atoms with Crippen molar-refractivity contribution in [1.29, 1.82) is 0 Å². The molecule has 5 rings (SSSR count). The van der Waals surface area contributed by atoms with Crippen LogP contribution in [0, 0.1) is 5.92 Å². The summed E-state index contributed by atoms with van der Waals surface area (Å²) >= 11 is 0. The molecule has 0 amide bonds. The second-order valence-electron chi connectivity index (χ2n) is 9.63. The molecular formula is C27H32N4O3. The smallest absolute Gasteiger partial charge is 0.340 e. The molecule has 1 aliphatic rings. The van der Waals surface area contributed by atoms with E-state index < -0.39 is 0 Å². The molecule has 0 N–H and O–H groups in total. The Hall–Kier alpha value is -3.35. The molecule has 4 aromatic rings. The van der Waals surface area contributed by atoms with Gasteiger partial charge in [-0.3, -0.25) is 14.1 Å². The maximum atomic E-state index is 13.8. The fourth-order valence-corrected chi connectivity index (χ4v) is 5.08. The van der Waals surface area contributed by atoms with Crippen LogP contribution in [0.4, 0.5) is 0 Å². The molecule has 1 unspecified atom stereocenters. The first-order valence-electron chi connectivity index (χ1n) is 12.3. The lowest BCUT2D eigenvalue weighted by Crippen LogP contribution is -2.28. The van der Waals surface area contributed by atoms with Crippen molar-refractivity contribution in [3.05, 3.63) is 64.5 Å². The number of rotatable bonds is 8. The van der Waals surface area contributed by atoms with Gasteiger partial charge in [-0.1, -0.05) is 32.0 Å². The summed E-state index contributed by atoms with van der Waals surface area (Å²) in [5, 5.41) is 0.865. The Bertz CT molecular complexity index is 1420. The van der Waals surface area contributed by atoms with E-state index in [4.69, 9.17) is 4.74 Å². The van der Waals surface area contributed by atoms with Crippen molar-refractivity contribution in [2.24, 2.45) is 5.92 Å². The number of hydrogen-bond donors (Lipinski definition) is 0. The Balaban J connectivity index is 1.79. The van der Waals surface area contributed by atoms with Crippen LogP contribution in [0.1, 0.15) is 75.1 Å². The van der Waals surface area contributed by atoms with Gasteiger partial charge in [-0.2, -0.15) is 0 Å². The fraction of sp³-hybridized carbons (Fsp3) is 0.444. The van der Waals surface area contributed by atoms with E-state index in [0.717, 1.165) is 53.4 Å². The first kappa shape index (κ1) is 22.4. The fourth-order valence-electron chi connectivity index (χ4n) is 5.08. The zero-order chi connectivity index (χ0) is 24.0. The van der Waals surface area contributed by atoms with Crippen LogP contribution in [0.25, 0.3) is 21.9 Å². The van der Waals surface area contributed by atoms with Gasteiger partial charge in [0.05, 0.1) is 41.1 Å². The maximum Gasteiger partial charge on any atom is 0.340 e. The number of carbonyl (C=O) groups excluding carboxylic acids is 1. The Morgan fingerprint density at radius 2 is 1.88 bits per heavy atom. The van der Waals surface area contributed by atoms with Crippen LogP contribution in [0.2, 0.25) is 0 Å². The number of aryl methyl sites for hydroxylation is 1. The number of nitrogens with zero attached hydrogens (tertiary/aromatic N) is 4. The minimum Gasteiger partial charge on any atom is -0.462 e. The van der Waals surface area contributed by atoms with E-state index in [-0.39, 0.29) is 23.7 Å². The molecule has 1 saturated carbocycles. The molecule has 1 fully saturated rings. The molecule has 1 aliphatic carbocycles. The number of para-hydroxylation sites is 1. The Morgan fingerprint density at radius 1 is 1.12 bits per heavy atom. The van der Waals surface area contributed by atoms with Crippen LogP contribution in [0.15, 0.2) is 47.5 Å². The van der Waals surface area contributed by atoms with Gasteiger partial charge < -0.3 is 9.30 Å². The third-order valence-corrected chi connectivity index (χ3v) is 6.82. The van der Waals surface area contributed by atoms with Gasteiger partial charge in [-0.05, 0) is 51.2 Å². The lowest BCUT2D eigenvalue weighted by molar-refractivity contribution is 0.0526. The van der Waals surface area contributed by atoms with Gasteiger partial charge in [0.1, 0.15) is 0 Å². The molecule has 3 heterocycles. The third-order valence-electron chi connectivity index (χ3n) is 6.82. The molecular weight excluding hydrogens is 428 g/mol. The molecule has 1 atom stereocenters. The molecule has 1 aromatic carbocycles. The van der Waals surface area contributed by atoms with E-state index >= 15 is 0 Å². The molecule has 3 aromatic heterocycles. The highest BCUT2D eigenvalue weighted by atomic mass is 16.5. The molecule has 7 nitrogen and oxygen atoms in total. The number of ether oxygens (including phenoxy) is 1. The predicted octanol–water partition coefficient (Wildman–Crippen LogP) is 5.32. The van der Waals surface area contributed by atoms with Gasteiger partial charge in [-0.15, -0.1) is 0 Å². The maximum absolute atomic E-state index is 13.8. The number of carbonyl (C=O) groups is 1. The molecule has 7 heteroatoms. The number of hydrogen-bond acceptors (Lipinski definition) is 4. The Kier molecular flexibility index (Phi) is 5.80. The highest BCUT2D eigenvalue weighted by Crippen LogP contribution is 2.38. The monoisotopic (exact) mass is 460 g/mol. The van der Waals surface area contributed by atoms with Gasteiger partial charge in [0, 0.05) is 29.7 Å². The van der Waals surface area contributed by atoms with Crippen LogP contribution < -0.4 is 5.69 Å². The van der Waals surface area contributed by atoms with E-state index in [9.17, 15) is 9.59 Å². The minimum absolute atomic E-state index is 0.0477. The van der Waals surface area contributed by atoms with E-state index in [0.29, 0.717) is 18.1 Å². The predicted molar refractivity (Wildman–Crippen MR) is 133 cm³/mol. The number of fused-ring (bicyclic) bond motifs is 2. The zero-order valence-electron chi connectivity index (χ0n) is 20.3. The number of aromatic nitrogens is 4. The summed E-state index contributed by atoms with van der Waals surface area (Å²) in [4.78, 5) is 31.4. The number of pyridine rings is 1. The summed E-state index contributed by atoms with van der Waals surface area (Å²) in [6, 6.07) is 9.74. The minimum atomic E-state index is -0.377. The number of benzene rings is 1. The van der Waals surface area contributed by atoms with Crippen molar-refractivity contribution in [3.63, 3.8) is 0 Å². The van der Waals surface area contributed by atoms with Gasteiger partial charge in [0.15, 0.2) is 0 Å². The van der Waals surface area contributed by atoms with Gasteiger partial charge in [0.25, 0.3) is 0 Å². The summed E-state index contributed by atoms with van der Waals surface area (Å²) in [6.45, 7) is 9.27. The van der Waals surface area contributed by atoms with Crippen LogP contribution in [-0.4, -0.2) is 31.3 Å². The Morgan fingerprint density at radius 3 is 2.59 bits per heavy atom. The number of imidazole rings is 1. The topological polar surface area (TPSA) is 71.1 Å². The van der Waals surface area contributed by atoms with Gasteiger partial charge >= 0.3 is 11.7 Å². The van der Waals surface area contributed by atoms with Crippen LogP contribution in [0.3, 0.4) is 0 Å². The van der Waals surface area contributed by atoms with Crippen molar-refractivity contribution < 1.29 is 9.53 Å². The van der Waals surface area contributed by atoms with Crippen molar-refractivity contribution in [2.75, 3.05) is 6.61 Å². The van der Waals surface area contributed by atoms with Crippen LogP contribution >= 0.6 is 0 Å². The number of esters is 1. The lowest BCUT2D eigenvalue weighted by atomic mass is 10.1. The molecule has 0 aliphatic heterocycles. The van der Waals surface area contributed by atoms with Gasteiger partial charge in [-0.25, -0.2) is 9.59 Å². The average molecular weight is 461 g/mol. The van der Waals surface area contributed by atoms with Crippen molar-refractivity contribution in [2.45, 2.75) is 65.6 Å². The largest absolute Gasteiger partial charge is 0.462 e. The van der Waals surface area contributed by atoms with E-state index in [1.165, 1.54) is 0 Å². The average Bonchev–Trinajstić information content (AvgIpc) is 3.53. The summed E-state index contributed by atoms with van der Waals surface area (Å²) in [5.41, 5.74) is 4.01. The quantitative estimate of drug-likeness (QED) is 0.334. The summed E-state index contributed by atoms with van der Waals surface area (Å²) in [6.07, 6.45) is 6.48. The third kappa shape index (κ3) is 3.63. The van der Waals surface area contributed by atoms with Crippen molar-refractivity contribution in [1.82, 2.24) is 18.7 Å². The molecule has 0 bridgehead atoms. The zero-order valence-corrected chi connectivity index (χ0v) is 20.3.